The van der Waals surface area contributed by atoms with Crippen molar-refractivity contribution in [1.29, 1.82) is 0 Å². The Hall–Kier alpha value is -1.38. The van der Waals surface area contributed by atoms with Gasteiger partial charge in [0.25, 0.3) is 0 Å². The van der Waals surface area contributed by atoms with Crippen molar-refractivity contribution in [3.05, 3.63) is 58.1 Å². The fourth-order valence-electron chi connectivity index (χ4n) is 1.82. The molecule has 0 aromatic heterocycles. The van der Waals surface area contributed by atoms with Crippen LogP contribution in [0.4, 0.5) is 5.69 Å². The molecule has 106 valence electrons. The standard InChI is InChI=1S/C16H17Cl2NO/c1-2-9-20-13-6-3-5-12(10-13)11-19-16-14(17)7-4-8-15(16)18/h3-8,10,19H,2,9,11H2,1H3. The SMILES string of the molecule is CCCOc1cccc(CNc2c(Cl)cccc2Cl)c1. The molecule has 2 aromatic carbocycles. The van der Waals surface area contributed by atoms with E-state index in [1.165, 1.54) is 0 Å². The van der Waals surface area contributed by atoms with Crippen LogP contribution in [0.15, 0.2) is 42.5 Å². The number of para-hydroxylation sites is 1. The lowest BCUT2D eigenvalue weighted by molar-refractivity contribution is 0.317. The first-order valence-electron chi connectivity index (χ1n) is 6.60. The lowest BCUT2D eigenvalue weighted by atomic mass is 10.2. The van der Waals surface area contributed by atoms with E-state index in [4.69, 9.17) is 27.9 Å². The van der Waals surface area contributed by atoms with Gasteiger partial charge in [-0.2, -0.15) is 0 Å². The van der Waals surface area contributed by atoms with Gasteiger partial charge < -0.3 is 10.1 Å². The first-order valence-corrected chi connectivity index (χ1v) is 7.36. The van der Waals surface area contributed by atoms with Crippen LogP contribution in [0, 0.1) is 0 Å². The third-order valence-corrected chi connectivity index (χ3v) is 3.43. The van der Waals surface area contributed by atoms with Gasteiger partial charge in [0.05, 0.1) is 22.3 Å². The number of ether oxygens (including phenoxy) is 1. The second kappa shape index (κ2) is 7.41. The molecule has 0 saturated heterocycles. The molecule has 2 aromatic rings. The van der Waals surface area contributed by atoms with Crippen LogP contribution in [0.3, 0.4) is 0 Å². The van der Waals surface area contributed by atoms with Crippen LogP contribution in [0.25, 0.3) is 0 Å². The topological polar surface area (TPSA) is 21.3 Å². The number of benzene rings is 2. The van der Waals surface area contributed by atoms with Crippen molar-refractivity contribution in [3.63, 3.8) is 0 Å². The summed E-state index contributed by atoms with van der Waals surface area (Å²) in [6.45, 7) is 3.46. The van der Waals surface area contributed by atoms with Gasteiger partial charge in [-0.1, -0.05) is 48.3 Å². The zero-order valence-electron chi connectivity index (χ0n) is 11.3. The first kappa shape index (κ1) is 15.0. The summed E-state index contributed by atoms with van der Waals surface area (Å²) in [4.78, 5) is 0. The van der Waals surface area contributed by atoms with Gasteiger partial charge in [-0.25, -0.2) is 0 Å². The van der Waals surface area contributed by atoms with E-state index in [-0.39, 0.29) is 0 Å². The van der Waals surface area contributed by atoms with Crippen molar-refractivity contribution in [2.24, 2.45) is 0 Å². The number of rotatable bonds is 6. The van der Waals surface area contributed by atoms with Crippen molar-refractivity contribution in [2.45, 2.75) is 19.9 Å². The molecular weight excluding hydrogens is 293 g/mol. The Morgan fingerprint density at radius 2 is 1.75 bits per heavy atom. The monoisotopic (exact) mass is 309 g/mol. The minimum atomic E-state index is 0.621. The second-order valence-corrected chi connectivity index (χ2v) is 5.26. The molecule has 0 saturated carbocycles. The van der Waals surface area contributed by atoms with E-state index in [0.29, 0.717) is 16.6 Å². The quantitative estimate of drug-likeness (QED) is 0.772. The number of halogens is 2. The normalized spacial score (nSPS) is 10.3. The maximum absolute atomic E-state index is 6.12. The molecule has 0 heterocycles. The summed E-state index contributed by atoms with van der Waals surface area (Å²) in [6.07, 6.45) is 0.998. The smallest absolute Gasteiger partial charge is 0.119 e. The molecule has 0 spiro atoms. The number of hydrogen-bond acceptors (Lipinski definition) is 2. The van der Waals surface area contributed by atoms with Gasteiger partial charge in [0.1, 0.15) is 5.75 Å². The number of hydrogen-bond donors (Lipinski definition) is 1. The molecule has 0 aliphatic carbocycles. The van der Waals surface area contributed by atoms with Crippen LogP contribution in [0.5, 0.6) is 5.75 Å². The molecule has 0 unspecified atom stereocenters. The van der Waals surface area contributed by atoms with Crippen molar-refractivity contribution >= 4 is 28.9 Å². The van der Waals surface area contributed by atoms with E-state index in [2.05, 4.69) is 12.2 Å². The summed E-state index contributed by atoms with van der Waals surface area (Å²) < 4.78 is 5.62. The molecular formula is C16H17Cl2NO. The molecule has 0 aliphatic heterocycles. The lowest BCUT2D eigenvalue weighted by Gasteiger charge is -2.11. The fourth-order valence-corrected chi connectivity index (χ4v) is 2.35. The van der Waals surface area contributed by atoms with Gasteiger partial charge >= 0.3 is 0 Å². The Morgan fingerprint density at radius 3 is 2.45 bits per heavy atom. The van der Waals surface area contributed by atoms with Gasteiger partial charge in [0, 0.05) is 6.54 Å². The van der Waals surface area contributed by atoms with E-state index in [1.54, 1.807) is 0 Å². The molecule has 0 radical (unpaired) electrons. The average Bonchev–Trinajstić information content (AvgIpc) is 2.45. The summed E-state index contributed by atoms with van der Waals surface area (Å²) >= 11 is 12.2. The Kier molecular flexibility index (Phi) is 5.57. The maximum Gasteiger partial charge on any atom is 0.119 e. The van der Waals surface area contributed by atoms with E-state index in [1.807, 2.05) is 42.5 Å². The third-order valence-electron chi connectivity index (χ3n) is 2.80. The Morgan fingerprint density at radius 1 is 1.05 bits per heavy atom. The summed E-state index contributed by atoms with van der Waals surface area (Å²) in [5.74, 6) is 0.886. The predicted molar refractivity (Wildman–Crippen MR) is 86.0 cm³/mol. The molecule has 2 rings (SSSR count). The van der Waals surface area contributed by atoms with Crippen LogP contribution in [0.1, 0.15) is 18.9 Å². The highest BCUT2D eigenvalue weighted by molar-refractivity contribution is 6.39. The molecule has 2 nitrogen and oxygen atoms in total. The summed E-state index contributed by atoms with van der Waals surface area (Å²) in [7, 11) is 0. The fraction of sp³-hybridized carbons (Fsp3) is 0.250. The Labute approximate surface area is 129 Å². The number of nitrogens with one attached hydrogen (secondary N) is 1. The van der Waals surface area contributed by atoms with Gasteiger partial charge in [-0.3, -0.25) is 0 Å². The summed E-state index contributed by atoms with van der Waals surface area (Å²) in [6, 6.07) is 13.5. The van der Waals surface area contributed by atoms with Crippen LogP contribution >= 0.6 is 23.2 Å². The van der Waals surface area contributed by atoms with Gasteiger partial charge in [-0.15, -0.1) is 0 Å². The van der Waals surface area contributed by atoms with Gasteiger partial charge in [0.15, 0.2) is 0 Å². The summed E-state index contributed by atoms with van der Waals surface area (Å²) in [5.41, 5.74) is 1.88. The third kappa shape index (κ3) is 4.06. The summed E-state index contributed by atoms with van der Waals surface area (Å²) in [5, 5.41) is 4.50. The van der Waals surface area contributed by atoms with Crippen molar-refractivity contribution < 1.29 is 4.74 Å². The van der Waals surface area contributed by atoms with E-state index < -0.39 is 0 Å². The zero-order chi connectivity index (χ0) is 14.4. The second-order valence-electron chi connectivity index (χ2n) is 4.45. The van der Waals surface area contributed by atoms with E-state index in [9.17, 15) is 0 Å². The minimum absolute atomic E-state index is 0.621. The minimum Gasteiger partial charge on any atom is -0.494 e. The highest BCUT2D eigenvalue weighted by Crippen LogP contribution is 2.30. The van der Waals surface area contributed by atoms with E-state index in [0.717, 1.165) is 30.0 Å². The van der Waals surface area contributed by atoms with Crippen LogP contribution in [-0.2, 0) is 6.54 Å². The molecule has 0 amide bonds. The molecule has 20 heavy (non-hydrogen) atoms. The first-order chi connectivity index (χ1) is 9.70. The van der Waals surface area contributed by atoms with Crippen molar-refractivity contribution in [3.8, 4) is 5.75 Å². The highest BCUT2D eigenvalue weighted by Gasteiger charge is 2.05. The van der Waals surface area contributed by atoms with Crippen molar-refractivity contribution in [1.82, 2.24) is 0 Å². The highest BCUT2D eigenvalue weighted by atomic mass is 35.5. The average molecular weight is 310 g/mol. The van der Waals surface area contributed by atoms with E-state index >= 15 is 0 Å². The maximum atomic E-state index is 6.12. The largest absolute Gasteiger partial charge is 0.494 e. The molecule has 0 bridgehead atoms. The van der Waals surface area contributed by atoms with Crippen LogP contribution in [-0.4, -0.2) is 6.61 Å². The van der Waals surface area contributed by atoms with Gasteiger partial charge in [0.2, 0.25) is 0 Å². The molecule has 4 heteroatoms. The molecule has 0 atom stereocenters. The molecule has 1 N–H and O–H groups in total. The van der Waals surface area contributed by atoms with Crippen LogP contribution in [0.2, 0.25) is 10.0 Å². The Balaban J connectivity index is 2.03. The van der Waals surface area contributed by atoms with Crippen molar-refractivity contribution in [2.75, 3.05) is 11.9 Å². The van der Waals surface area contributed by atoms with Crippen LogP contribution < -0.4 is 10.1 Å². The predicted octanol–water partition coefficient (Wildman–Crippen LogP) is 5.39. The molecule has 0 fully saturated rings. The Bertz CT molecular complexity index is 552. The van der Waals surface area contributed by atoms with Gasteiger partial charge in [-0.05, 0) is 36.2 Å². The lowest BCUT2D eigenvalue weighted by Crippen LogP contribution is -2.01. The molecule has 0 aliphatic rings. The number of anilines is 1. The zero-order valence-corrected chi connectivity index (χ0v) is 12.8.